The fourth-order valence-corrected chi connectivity index (χ4v) is 5.40. The molecule has 32 heavy (non-hydrogen) atoms. The lowest BCUT2D eigenvalue weighted by atomic mass is 9.94. The summed E-state index contributed by atoms with van der Waals surface area (Å²) in [4.78, 5) is 12.5. The molecule has 168 valence electrons. The molecule has 0 amide bonds. The first-order valence-corrected chi connectivity index (χ1v) is 11.8. The number of para-hydroxylation sites is 1. The number of hydrogen-bond donors (Lipinski definition) is 0. The number of sulfonamides is 1. The minimum atomic E-state index is -3.66. The van der Waals surface area contributed by atoms with Crippen LogP contribution in [0.25, 0.3) is 5.69 Å². The summed E-state index contributed by atoms with van der Waals surface area (Å²) >= 11 is 0. The molecule has 3 aromatic rings. The Balaban J connectivity index is 1.52. The van der Waals surface area contributed by atoms with Crippen molar-refractivity contribution in [3.05, 3.63) is 76.7 Å². The monoisotopic (exact) mass is 455 g/mol. The average molecular weight is 456 g/mol. The molecule has 1 saturated heterocycles. The van der Waals surface area contributed by atoms with Crippen LogP contribution in [0.3, 0.4) is 0 Å². The highest BCUT2D eigenvalue weighted by Crippen LogP contribution is 2.33. The molecule has 4 rings (SSSR count). The minimum absolute atomic E-state index is 0.0717. The van der Waals surface area contributed by atoms with Crippen LogP contribution in [0, 0.1) is 0 Å². The number of piperidine rings is 1. The molecule has 1 aromatic heterocycles. The molecule has 0 bridgehead atoms. The van der Waals surface area contributed by atoms with E-state index in [0.29, 0.717) is 43.1 Å². The van der Waals surface area contributed by atoms with Gasteiger partial charge in [0.15, 0.2) is 11.5 Å². The molecule has 0 aliphatic carbocycles. The smallest absolute Gasteiger partial charge is 0.271 e. The maximum Gasteiger partial charge on any atom is 0.271 e. The fourth-order valence-electron chi connectivity index (χ4n) is 3.92. The number of ether oxygens (including phenoxy) is 2. The van der Waals surface area contributed by atoms with Crippen LogP contribution in [-0.2, 0) is 10.0 Å². The molecule has 2 heterocycles. The molecule has 1 aliphatic rings. The molecular weight excluding hydrogens is 430 g/mol. The Morgan fingerprint density at radius 2 is 1.59 bits per heavy atom. The fraction of sp³-hybridized carbons (Fsp3) is 0.304. The van der Waals surface area contributed by atoms with Gasteiger partial charge in [-0.3, -0.25) is 4.79 Å². The summed E-state index contributed by atoms with van der Waals surface area (Å²) in [6.07, 6.45) is 1.24. The highest BCUT2D eigenvalue weighted by molar-refractivity contribution is 7.89. The molecule has 0 unspecified atom stereocenters. The van der Waals surface area contributed by atoms with Crippen LogP contribution < -0.4 is 15.0 Å². The van der Waals surface area contributed by atoms with Crippen molar-refractivity contribution in [3.8, 4) is 17.2 Å². The summed E-state index contributed by atoms with van der Waals surface area (Å²) in [5.41, 5.74) is 1.29. The van der Waals surface area contributed by atoms with Crippen molar-refractivity contribution in [2.45, 2.75) is 23.7 Å². The van der Waals surface area contributed by atoms with Crippen LogP contribution >= 0.6 is 0 Å². The standard InChI is InChI=1S/C23H25N3O5S/c1-30-21-10-8-19(16-22(21)31-2)32(28,29)25-14-12-17(13-15-25)20-9-11-23(27)26(24-20)18-6-4-3-5-7-18/h3-11,16-17H,12-15H2,1-2H3. The quantitative estimate of drug-likeness (QED) is 0.568. The maximum atomic E-state index is 13.2. The average Bonchev–Trinajstić information content (AvgIpc) is 2.84. The summed E-state index contributed by atoms with van der Waals surface area (Å²) in [6.45, 7) is 0.737. The van der Waals surface area contributed by atoms with E-state index in [2.05, 4.69) is 5.10 Å². The van der Waals surface area contributed by atoms with E-state index >= 15 is 0 Å². The van der Waals surface area contributed by atoms with Gasteiger partial charge in [-0.05, 0) is 43.2 Å². The van der Waals surface area contributed by atoms with Crippen LogP contribution in [0.2, 0.25) is 0 Å². The van der Waals surface area contributed by atoms with Crippen molar-refractivity contribution in [1.82, 2.24) is 14.1 Å². The Bertz CT molecular complexity index is 1250. The van der Waals surface area contributed by atoms with Crippen LogP contribution in [0.15, 0.2) is 70.4 Å². The van der Waals surface area contributed by atoms with E-state index in [1.54, 1.807) is 12.1 Å². The van der Waals surface area contributed by atoms with Gasteiger partial charge in [-0.25, -0.2) is 8.42 Å². The Morgan fingerprint density at radius 3 is 2.25 bits per heavy atom. The highest BCUT2D eigenvalue weighted by atomic mass is 32.2. The van der Waals surface area contributed by atoms with E-state index in [0.717, 1.165) is 5.69 Å². The van der Waals surface area contributed by atoms with E-state index in [-0.39, 0.29) is 16.4 Å². The number of methoxy groups -OCH3 is 2. The molecule has 0 saturated carbocycles. The SMILES string of the molecule is COc1ccc(S(=O)(=O)N2CCC(c3ccc(=O)n(-c4ccccc4)n3)CC2)cc1OC. The van der Waals surface area contributed by atoms with Crippen molar-refractivity contribution in [2.75, 3.05) is 27.3 Å². The van der Waals surface area contributed by atoms with Crippen molar-refractivity contribution in [1.29, 1.82) is 0 Å². The van der Waals surface area contributed by atoms with Gasteiger partial charge in [0.1, 0.15) is 0 Å². The van der Waals surface area contributed by atoms with Gasteiger partial charge in [0.25, 0.3) is 5.56 Å². The van der Waals surface area contributed by atoms with Crippen molar-refractivity contribution in [2.24, 2.45) is 0 Å². The third kappa shape index (κ3) is 4.26. The molecule has 0 spiro atoms. The summed E-state index contributed by atoms with van der Waals surface area (Å²) in [7, 11) is -0.681. The first-order valence-electron chi connectivity index (χ1n) is 10.3. The van der Waals surface area contributed by atoms with Gasteiger partial charge in [0.2, 0.25) is 10.0 Å². The largest absolute Gasteiger partial charge is 0.493 e. The molecule has 0 radical (unpaired) electrons. The number of rotatable bonds is 6. The molecule has 9 heteroatoms. The van der Waals surface area contributed by atoms with Gasteiger partial charge in [-0.1, -0.05) is 18.2 Å². The summed E-state index contributed by atoms with van der Waals surface area (Å²) < 4.78 is 39.6. The zero-order valence-corrected chi connectivity index (χ0v) is 18.8. The minimum Gasteiger partial charge on any atom is -0.493 e. The molecular formula is C23H25N3O5S. The van der Waals surface area contributed by atoms with Gasteiger partial charge in [0, 0.05) is 31.1 Å². The van der Waals surface area contributed by atoms with E-state index in [1.165, 1.54) is 41.4 Å². The van der Waals surface area contributed by atoms with E-state index in [1.807, 2.05) is 30.3 Å². The topological polar surface area (TPSA) is 90.7 Å². The maximum absolute atomic E-state index is 13.2. The van der Waals surface area contributed by atoms with Gasteiger partial charge < -0.3 is 9.47 Å². The highest BCUT2D eigenvalue weighted by Gasteiger charge is 2.31. The Morgan fingerprint density at radius 1 is 0.906 bits per heavy atom. The van der Waals surface area contributed by atoms with Crippen LogP contribution in [0.4, 0.5) is 0 Å². The molecule has 8 nitrogen and oxygen atoms in total. The van der Waals surface area contributed by atoms with Crippen molar-refractivity contribution >= 4 is 10.0 Å². The number of benzene rings is 2. The second-order valence-corrected chi connectivity index (χ2v) is 9.48. The lowest BCUT2D eigenvalue weighted by Crippen LogP contribution is -2.38. The zero-order chi connectivity index (χ0) is 22.7. The van der Waals surface area contributed by atoms with E-state index in [9.17, 15) is 13.2 Å². The van der Waals surface area contributed by atoms with Gasteiger partial charge in [0.05, 0.1) is 30.5 Å². The predicted molar refractivity (Wildman–Crippen MR) is 120 cm³/mol. The normalized spacial score (nSPS) is 15.4. The first kappa shape index (κ1) is 22.0. The van der Waals surface area contributed by atoms with Gasteiger partial charge in [-0.2, -0.15) is 14.1 Å². The lowest BCUT2D eigenvalue weighted by molar-refractivity contribution is 0.314. The third-order valence-electron chi connectivity index (χ3n) is 5.69. The van der Waals surface area contributed by atoms with Crippen molar-refractivity contribution in [3.63, 3.8) is 0 Å². The summed E-state index contributed by atoms with van der Waals surface area (Å²) in [5, 5.41) is 4.56. The number of aromatic nitrogens is 2. The predicted octanol–water partition coefficient (Wildman–Crippen LogP) is 2.82. The number of hydrogen-bond acceptors (Lipinski definition) is 6. The van der Waals surface area contributed by atoms with Crippen molar-refractivity contribution < 1.29 is 17.9 Å². The molecule has 2 aromatic carbocycles. The second kappa shape index (κ2) is 9.13. The van der Waals surface area contributed by atoms with Crippen LogP contribution in [0.1, 0.15) is 24.5 Å². The van der Waals surface area contributed by atoms with E-state index < -0.39 is 10.0 Å². The molecule has 1 fully saturated rings. The van der Waals surface area contributed by atoms with Crippen LogP contribution in [-0.4, -0.2) is 49.8 Å². The molecule has 0 atom stereocenters. The zero-order valence-electron chi connectivity index (χ0n) is 18.0. The number of nitrogens with zero attached hydrogens (tertiary/aromatic N) is 3. The third-order valence-corrected chi connectivity index (χ3v) is 7.58. The summed E-state index contributed by atoms with van der Waals surface area (Å²) in [5.74, 6) is 0.919. The first-order chi connectivity index (χ1) is 15.4. The summed E-state index contributed by atoms with van der Waals surface area (Å²) in [6, 6.07) is 17.1. The Labute approximate surface area is 187 Å². The van der Waals surface area contributed by atoms with Gasteiger partial charge in [-0.15, -0.1) is 0 Å². The van der Waals surface area contributed by atoms with Gasteiger partial charge >= 0.3 is 0 Å². The second-order valence-electron chi connectivity index (χ2n) is 7.54. The Kier molecular flexibility index (Phi) is 6.29. The van der Waals surface area contributed by atoms with Crippen LogP contribution in [0.5, 0.6) is 11.5 Å². The molecule has 1 aliphatic heterocycles. The lowest BCUT2D eigenvalue weighted by Gasteiger charge is -2.31. The Hall–Kier alpha value is -3.17. The molecule has 0 N–H and O–H groups in total. The van der Waals surface area contributed by atoms with E-state index in [4.69, 9.17) is 9.47 Å².